The van der Waals surface area contributed by atoms with Crippen molar-refractivity contribution in [1.82, 2.24) is 10.6 Å². The first kappa shape index (κ1) is 17.3. The molecule has 2 rings (SSSR count). The standard InChI is InChI=1S/C15H16N4O5/c1-10(20)16-11-4-2-6-12(7-3-5-11)17-13(21)8-23-9-14-18-19-15(22)24-14/h2-7,14H,8-9H2,1H3,(H,16,20)(H,17,21). The number of azo groups is 1. The number of carbonyl (C=O) groups is 3. The Morgan fingerprint density at radius 2 is 1.88 bits per heavy atom. The lowest BCUT2D eigenvalue weighted by Gasteiger charge is -2.09. The van der Waals surface area contributed by atoms with Gasteiger partial charge in [-0.25, -0.2) is 4.79 Å². The molecule has 24 heavy (non-hydrogen) atoms. The molecule has 0 bridgehead atoms. The molecule has 0 spiro atoms. The zero-order valence-electron chi connectivity index (χ0n) is 12.9. The minimum absolute atomic E-state index is 0.0414. The van der Waals surface area contributed by atoms with Crippen molar-refractivity contribution in [2.45, 2.75) is 13.2 Å². The first-order valence-corrected chi connectivity index (χ1v) is 7.06. The number of cyclic esters (lactones) is 1. The maximum atomic E-state index is 11.8. The third-order valence-corrected chi connectivity index (χ3v) is 2.71. The molecule has 9 heteroatoms. The minimum Gasteiger partial charge on any atom is -0.417 e. The minimum atomic E-state index is -0.800. The number of nitrogens with zero attached hydrogens (tertiary/aromatic N) is 2. The zero-order chi connectivity index (χ0) is 17.4. The fourth-order valence-electron chi connectivity index (χ4n) is 1.78. The Bertz CT molecular complexity index is 675. The lowest BCUT2D eigenvalue weighted by molar-refractivity contribution is -0.125. The Kier molecular flexibility index (Phi) is 6.15. The van der Waals surface area contributed by atoms with Gasteiger partial charge in [0, 0.05) is 18.3 Å². The molecule has 0 saturated heterocycles. The number of carbonyl (C=O) groups excluding carboxylic acids is 3. The van der Waals surface area contributed by atoms with E-state index in [1.54, 1.807) is 36.5 Å². The average Bonchev–Trinajstić information content (AvgIpc) is 2.89. The van der Waals surface area contributed by atoms with E-state index in [0.717, 1.165) is 0 Å². The van der Waals surface area contributed by atoms with Gasteiger partial charge in [0.05, 0.1) is 0 Å². The van der Waals surface area contributed by atoms with E-state index in [0.29, 0.717) is 11.4 Å². The highest BCUT2D eigenvalue weighted by atomic mass is 16.6. The Balaban J connectivity index is 1.75. The molecule has 0 aromatic carbocycles. The molecule has 0 aromatic heterocycles. The molecule has 1 aliphatic heterocycles. The third-order valence-electron chi connectivity index (χ3n) is 2.71. The molecular weight excluding hydrogens is 316 g/mol. The van der Waals surface area contributed by atoms with E-state index in [1.807, 2.05) is 0 Å². The van der Waals surface area contributed by atoms with Crippen LogP contribution in [0.1, 0.15) is 6.92 Å². The van der Waals surface area contributed by atoms with Crippen LogP contribution in [0.5, 0.6) is 0 Å². The summed E-state index contributed by atoms with van der Waals surface area (Å²) in [5, 5.41) is 12.0. The predicted octanol–water partition coefficient (Wildman–Crippen LogP) is 1.08. The van der Waals surface area contributed by atoms with Crippen molar-refractivity contribution in [3.63, 3.8) is 0 Å². The van der Waals surface area contributed by atoms with E-state index in [-0.39, 0.29) is 25.0 Å². The molecular formula is C15H16N4O5. The summed E-state index contributed by atoms with van der Waals surface area (Å²) in [6.07, 6.45) is 8.58. The maximum absolute atomic E-state index is 11.8. The van der Waals surface area contributed by atoms with Crippen LogP contribution >= 0.6 is 0 Å². The van der Waals surface area contributed by atoms with Crippen molar-refractivity contribution in [3.05, 3.63) is 47.9 Å². The Morgan fingerprint density at radius 1 is 1.21 bits per heavy atom. The highest BCUT2D eigenvalue weighted by Gasteiger charge is 2.20. The number of allylic oxidation sites excluding steroid dienone is 6. The number of rotatable bonds is 6. The normalized spacial score (nSPS) is 19.0. The summed E-state index contributed by atoms with van der Waals surface area (Å²) in [5.41, 5.74) is 1.20. The molecule has 2 aliphatic rings. The molecule has 9 nitrogen and oxygen atoms in total. The van der Waals surface area contributed by atoms with Gasteiger partial charge < -0.3 is 20.1 Å². The van der Waals surface area contributed by atoms with Gasteiger partial charge in [-0.1, -0.05) is 17.3 Å². The summed E-state index contributed by atoms with van der Waals surface area (Å²) in [7, 11) is 0. The summed E-state index contributed by atoms with van der Waals surface area (Å²) < 4.78 is 9.78. The molecule has 1 unspecified atom stereocenters. The molecule has 0 radical (unpaired) electrons. The average molecular weight is 332 g/mol. The van der Waals surface area contributed by atoms with E-state index >= 15 is 0 Å². The van der Waals surface area contributed by atoms with Crippen LogP contribution in [-0.4, -0.2) is 37.3 Å². The van der Waals surface area contributed by atoms with Gasteiger partial charge in [-0.2, -0.15) is 0 Å². The lowest BCUT2D eigenvalue weighted by Crippen LogP contribution is -2.28. The largest absolute Gasteiger partial charge is 0.454 e. The summed E-state index contributed by atoms with van der Waals surface area (Å²) in [4.78, 5) is 33.5. The molecule has 126 valence electrons. The fourth-order valence-corrected chi connectivity index (χ4v) is 1.78. The van der Waals surface area contributed by atoms with Crippen molar-refractivity contribution in [3.8, 4) is 0 Å². The zero-order valence-corrected chi connectivity index (χ0v) is 12.9. The molecule has 1 atom stereocenters. The molecule has 0 aromatic rings. The fraction of sp³-hybridized carbons (Fsp3) is 0.267. The first-order chi connectivity index (χ1) is 11.5. The van der Waals surface area contributed by atoms with Gasteiger partial charge in [-0.3, -0.25) is 9.59 Å². The van der Waals surface area contributed by atoms with Crippen molar-refractivity contribution < 1.29 is 23.9 Å². The van der Waals surface area contributed by atoms with Gasteiger partial charge in [0.1, 0.15) is 13.2 Å². The molecule has 1 heterocycles. The second-order valence-electron chi connectivity index (χ2n) is 4.76. The van der Waals surface area contributed by atoms with Gasteiger partial charge in [0.2, 0.25) is 18.0 Å². The smallest absolute Gasteiger partial charge is 0.417 e. The van der Waals surface area contributed by atoms with Crippen molar-refractivity contribution in [2.75, 3.05) is 13.2 Å². The van der Waals surface area contributed by atoms with Gasteiger partial charge in [-0.15, -0.1) is 5.11 Å². The Labute approximate surface area is 137 Å². The molecule has 0 fully saturated rings. The van der Waals surface area contributed by atoms with Crippen molar-refractivity contribution in [1.29, 1.82) is 0 Å². The monoisotopic (exact) mass is 332 g/mol. The number of hydrogen-bond acceptors (Lipinski definition) is 6. The molecule has 0 saturated carbocycles. The van der Waals surface area contributed by atoms with Crippen LogP contribution in [0.15, 0.2) is 58.1 Å². The van der Waals surface area contributed by atoms with Gasteiger partial charge in [0.25, 0.3) is 0 Å². The molecule has 1 aliphatic carbocycles. The summed E-state index contributed by atoms with van der Waals surface area (Å²) >= 11 is 0. The number of ether oxygens (including phenoxy) is 2. The van der Waals surface area contributed by atoms with Gasteiger partial charge in [-0.05, 0) is 24.3 Å². The Hall–Kier alpha value is -3.07. The summed E-state index contributed by atoms with van der Waals surface area (Å²) in [5.74, 6) is -0.533. The summed E-state index contributed by atoms with van der Waals surface area (Å²) in [6.45, 7) is 1.16. The van der Waals surface area contributed by atoms with Crippen LogP contribution < -0.4 is 10.6 Å². The number of hydrogen-bond donors (Lipinski definition) is 2. The van der Waals surface area contributed by atoms with Crippen molar-refractivity contribution in [2.24, 2.45) is 10.2 Å². The van der Waals surface area contributed by atoms with E-state index in [4.69, 9.17) is 4.74 Å². The van der Waals surface area contributed by atoms with E-state index < -0.39 is 12.3 Å². The van der Waals surface area contributed by atoms with Gasteiger partial charge in [0.15, 0.2) is 0 Å². The topological polar surface area (TPSA) is 118 Å². The van der Waals surface area contributed by atoms with E-state index in [2.05, 4.69) is 25.6 Å². The second-order valence-corrected chi connectivity index (χ2v) is 4.76. The van der Waals surface area contributed by atoms with E-state index in [1.165, 1.54) is 6.92 Å². The highest BCUT2D eigenvalue weighted by Crippen LogP contribution is 2.07. The predicted molar refractivity (Wildman–Crippen MR) is 82.3 cm³/mol. The number of nitrogens with one attached hydrogen (secondary N) is 2. The van der Waals surface area contributed by atoms with Crippen molar-refractivity contribution >= 4 is 17.9 Å². The highest BCUT2D eigenvalue weighted by molar-refractivity contribution is 5.79. The Morgan fingerprint density at radius 3 is 2.46 bits per heavy atom. The van der Waals surface area contributed by atoms with Crippen LogP contribution in [0.4, 0.5) is 4.79 Å². The lowest BCUT2D eigenvalue weighted by atomic mass is 10.2. The first-order valence-electron chi connectivity index (χ1n) is 7.06. The number of amides is 3. The molecule has 3 amide bonds. The van der Waals surface area contributed by atoms with Crippen LogP contribution in [0.2, 0.25) is 0 Å². The van der Waals surface area contributed by atoms with Crippen LogP contribution in [0.25, 0.3) is 0 Å². The molecule has 2 N–H and O–H groups in total. The SMILES string of the molecule is CC(=O)NC1=CC=CC(NC(=O)COCC2N=NC(=O)O2)=CC=C1. The van der Waals surface area contributed by atoms with Crippen LogP contribution in [0.3, 0.4) is 0 Å². The third kappa shape index (κ3) is 5.97. The van der Waals surface area contributed by atoms with Gasteiger partial charge >= 0.3 is 6.09 Å². The second kappa shape index (κ2) is 8.53. The quantitative estimate of drug-likeness (QED) is 0.754. The summed E-state index contributed by atoms with van der Waals surface area (Å²) in [6, 6.07) is 0. The van der Waals surface area contributed by atoms with E-state index in [9.17, 15) is 14.4 Å². The maximum Gasteiger partial charge on any atom is 0.454 e. The van der Waals surface area contributed by atoms with Crippen LogP contribution in [-0.2, 0) is 19.1 Å². The van der Waals surface area contributed by atoms with Crippen LogP contribution in [0, 0.1) is 0 Å².